The zero-order chi connectivity index (χ0) is 8.97. The lowest BCUT2D eigenvalue weighted by atomic mass is 9.81. The van der Waals surface area contributed by atoms with Crippen molar-refractivity contribution in [3.8, 4) is 0 Å². The molecule has 0 aromatic carbocycles. The molecule has 0 aromatic heterocycles. The maximum absolute atomic E-state index is 9.86. The molecule has 0 radical (unpaired) electrons. The predicted molar refractivity (Wildman–Crippen MR) is 50.8 cm³/mol. The minimum atomic E-state index is -0.157. The van der Waals surface area contributed by atoms with Crippen molar-refractivity contribution in [3.63, 3.8) is 0 Å². The lowest BCUT2D eigenvalue weighted by molar-refractivity contribution is 0.0429. The summed E-state index contributed by atoms with van der Waals surface area (Å²) in [6.45, 7) is 2.65. The Bertz CT molecular complexity index is 121. The van der Waals surface area contributed by atoms with Gasteiger partial charge in [-0.1, -0.05) is 26.2 Å². The Hall–Kier alpha value is -0.0800. The maximum atomic E-state index is 9.86. The van der Waals surface area contributed by atoms with Gasteiger partial charge in [0.15, 0.2) is 0 Å². The molecule has 0 aliphatic heterocycles. The van der Waals surface area contributed by atoms with Crippen LogP contribution in [0.3, 0.4) is 0 Å². The van der Waals surface area contributed by atoms with Crippen molar-refractivity contribution in [1.29, 1.82) is 0 Å². The quantitative estimate of drug-likeness (QED) is 0.676. The van der Waals surface area contributed by atoms with Crippen LogP contribution in [0, 0.1) is 11.8 Å². The largest absolute Gasteiger partial charge is 0.393 e. The van der Waals surface area contributed by atoms with Gasteiger partial charge < -0.3 is 10.8 Å². The van der Waals surface area contributed by atoms with E-state index in [1.54, 1.807) is 0 Å². The number of rotatable bonds is 3. The third-order valence-corrected chi connectivity index (χ3v) is 3.09. The van der Waals surface area contributed by atoms with E-state index in [-0.39, 0.29) is 12.0 Å². The molecule has 2 atom stereocenters. The van der Waals surface area contributed by atoms with E-state index in [9.17, 15) is 5.11 Å². The van der Waals surface area contributed by atoms with Crippen molar-refractivity contribution >= 4 is 0 Å². The van der Waals surface area contributed by atoms with Crippen LogP contribution in [-0.4, -0.2) is 17.8 Å². The Morgan fingerprint density at radius 1 is 1.33 bits per heavy atom. The second kappa shape index (κ2) is 4.83. The van der Waals surface area contributed by atoms with Gasteiger partial charge in [0, 0.05) is 0 Å². The van der Waals surface area contributed by atoms with Crippen LogP contribution in [0.2, 0.25) is 0 Å². The summed E-state index contributed by atoms with van der Waals surface area (Å²) in [5.41, 5.74) is 5.52. The van der Waals surface area contributed by atoms with E-state index in [1.165, 1.54) is 32.1 Å². The van der Waals surface area contributed by atoms with Gasteiger partial charge in [0.05, 0.1) is 6.10 Å². The van der Waals surface area contributed by atoms with E-state index in [4.69, 9.17) is 5.73 Å². The van der Waals surface area contributed by atoms with Crippen LogP contribution in [0.5, 0.6) is 0 Å². The predicted octanol–water partition coefficient (Wildman–Crippen LogP) is 1.52. The zero-order valence-corrected chi connectivity index (χ0v) is 8.00. The van der Waals surface area contributed by atoms with Gasteiger partial charge in [0.1, 0.15) is 0 Å². The summed E-state index contributed by atoms with van der Waals surface area (Å²) in [4.78, 5) is 0. The van der Waals surface area contributed by atoms with Crippen molar-refractivity contribution in [3.05, 3.63) is 0 Å². The van der Waals surface area contributed by atoms with E-state index in [0.29, 0.717) is 12.5 Å². The molecule has 0 aromatic rings. The molecule has 0 heterocycles. The zero-order valence-electron chi connectivity index (χ0n) is 8.00. The number of aliphatic hydroxyl groups excluding tert-OH is 1. The summed E-state index contributed by atoms with van der Waals surface area (Å²) in [5, 5.41) is 9.86. The van der Waals surface area contributed by atoms with Gasteiger partial charge in [0.2, 0.25) is 0 Å². The van der Waals surface area contributed by atoms with Crippen molar-refractivity contribution in [2.24, 2.45) is 17.6 Å². The van der Waals surface area contributed by atoms with Gasteiger partial charge in [-0.2, -0.15) is 0 Å². The molecule has 0 bridgehead atoms. The molecule has 3 N–H and O–H groups in total. The van der Waals surface area contributed by atoms with E-state index in [2.05, 4.69) is 0 Å². The number of hydrogen-bond acceptors (Lipinski definition) is 2. The molecular weight excluding hydrogens is 150 g/mol. The molecule has 1 fully saturated rings. The molecule has 0 spiro atoms. The second-order valence-corrected chi connectivity index (χ2v) is 4.10. The molecule has 2 unspecified atom stereocenters. The van der Waals surface area contributed by atoms with Crippen LogP contribution in [0.4, 0.5) is 0 Å². The average Bonchev–Trinajstić information content (AvgIpc) is 2.17. The Balaban J connectivity index is 2.33. The first-order valence-electron chi connectivity index (χ1n) is 5.14. The van der Waals surface area contributed by atoms with Crippen LogP contribution in [0.15, 0.2) is 0 Å². The van der Waals surface area contributed by atoms with Crippen LogP contribution in [0.1, 0.15) is 39.0 Å². The molecular formula is C10H21NO. The van der Waals surface area contributed by atoms with E-state index in [1.807, 2.05) is 6.92 Å². The first-order valence-corrected chi connectivity index (χ1v) is 5.14. The fourth-order valence-electron chi connectivity index (χ4n) is 2.08. The molecule has 2 nitrogen and oxygen atoms in total. The smallest absolute Gasteiger partial charge is 0.0605 e. The highest BCUT2D eigenvalue weighted by atomic mass is 16.3. The summed E-state index contributed by atoms with van der Waals surface area (Å²) in [6, 6.07) is 0. The third-order valence-electron chi connectivity index (χ3n) is 3.09. The molecule has 72 valence electrons. The maximum Gasteiger partial charge on any atom is 0.0605 e. The Labute approximate surface area is 75.2 Å². The summed E-state index contributed by atoms with van der Waals surface area (Å²) < 4.78 is 0. The van der Waals surface area contributed by atoms with E-state index >= 15 is 0 Å². The minimum absolute atomic E-state index is 0.157. The molecule has 0 amide bonds. The lowest BCUT2D eigenvalue weighted by Gasteiger charge is -2.29. The van der Waals surface area contributed by atoms with Gasteiger partial charge in [-0.25, -0.2) is 0 Å². The van der Waals surface area contributed by atoms with Crippen LogP contribution < -0.4 is 5.73 Å². The standard InChI is InChI=1S/C10H21NO/c1-8(7-11)10(12)9-5-3-2-4-6-9/h8-10,12H,2-7,11H2,1H3. The van der Waals surface area contributed by atoms with E-state index in [0.717, 1.165) is 0 Å². The van der Waals surface area contributed by atoms with Crippen LogP contribution >= 0.6 is 0 Å². The first kappa shape index (κ1) is 10.0. The van der Waals surface area contributed by atoms with Crippen molar-refractivity contribution < 1.29 is 5.11 Å². The normalized spacial score (nSPS) is 25.2. The van der Waals surface area contributed by atoms with Crippen molar-refractivity contribution in [1.82, 2.24) is 0 Å². The van der Waals surface area contributed by atoms with Gasteiger partial charge in [-0.3, -0.25) is 0 Å². The molecule has 1 aliphatic carbocycles. The summed E-state index contributed by atoms with van der Waals surface area (Å²) in [7, 11) is 0. The van der Waals surface area contributed by atoms with Gasteiger partial charge in [-0.05, 0) is 31.2 Å². The highest BCUT2D eigenvalue weighted by molar-refractivity contribution is 4.77. The highest BCUT2D eigenvalue weighted by Crippen LogP contribution is 2.28. The molecule has 1 saturated carbocycles. The molecule has 12 heavy (non-hydrogen) atoms. The Kier molecular flexibility index (Phi) is 4.02. The average molecular weight is 171 g/mol. The van der Waals surface area contributed by atoms with E-state index < -0.39 is 0 Å². The van der Waals surface area contributed by atoms with Crippen molar-refractivity contribution in [2.75, 3.05) is 6.54 Å². The molecule has 0 saturated heterocycles. The van der Waals surface area contributed by atoms with Gasteiger partial charge in [-0.15, -0.1) is 0 Å². The highest BCUT2D eigenvalue weighted by Gasteiger charge is 2.25. The topological polar surface area (TPSA) is 46.2 Å². The SMILES string of the molecule is CC(CN)C(O)C1CCCCC1. The fraction of sp³-hybridized carbons (Fsp3) is 1.00. The number of nitrogens with two attached hydrogens (primary N) is 1. The minimum Gasteiger partial charge on any atom is -0.393 e. The van der Waals surface area contributed by atoms with Crippen LogP contribution in [-0.2, 0) is 0 Å². The summed E-state index contributed by atoms with van der Waals surface area (Å²) >= 11 is 0. The number of aliphatic hydroxyl groups is 1. The van der Waals surface area contributed by atoms with Gasteiger partial charge in [0.25, 0.3) is 0 Å². The molecule has 2 heteroatoms. The monoisotopic (exact) mass is 171 g/mol. The molecule has 1 rings (SSSR count). The summed E-state index contributed by atoms with van der Waals surface area (Å²) in [5.74, 6) is 0.797. The van der Waals surface area contributed by atoms with Crippen LogP contribution in [0.25, 0.3) is 0 Å². The third kappa shape index (κ3) is 2.46. The second-order valence-electron chi connectivity index (χ2n) is 4.10. The van der Waals surface area contributed by atoms with Crippen molar-refractivity contribution in [2.45, 2.75) is 45.1 Å². The summed E-state index contributed by atoms with van der Waals surface area (Å²) in [6.07, 6.45) is 6.17. The Morgan fingerprint density at radius 2 is 1.92 bits per heavy atom. The Morgan fingerprint density at radius 3 is 2.42 bits per heavy atom. The molecule has 1 aliphatic rings. The number of hydrogen-bond donors (Lipinski definition) is 2. The fourth-order valence-corrected chi connectivity index (χ4v) is 2.08. The first-order chi connectivity index (χ1) is 5.75. The lowest BCUT2D eigenvalue weighted by Crippen LogP contribution is -2.33. The van der Waals surface area contributed by atoms with Gasteiger partial charge >= 0.3 is 0 Å².